The molecule has 1 saturated carbocycles. The second-order valence-electron chi connectivity index (χ2n) is 6.02. The van der Waals surface area contributed by atoms with Gasteiger partial charge in [-0.3, -0.25) is 4.79 Å². The molecule has 1 fully saturated rings. The molecule has 0 saturated heterocycles. The van der Waals surface area contributed by atoms with Gasteiger partial charge in [0, 0.05) is 12.1 Å². The Morgan fingerprint density at radius 3 is 2.90 bits per heavy atom. The Bertz CT molecular complexity index is 631. The lowest BCUT2D eigenvalue weighted by Crippen LogP contribution is -2.36. The van der Waals surface area contributed by atoms with Crippen molar-refractivity contribution in [3.63, 3.8) is 0 Å². The maximum absolute atomic E-state index is 12.3. The van der Waals surface area contributed by atoms with Crippen LogP contribution in [-0.2, 0) is 4.79 Å². The molecule has 2 aromatic rings. The Hall–Kier alpha value is -1.46. The van der Waals surface area contributed by atoms with Crippen molar-refractivity contribution in [2.75, 3.05) is 11.9 Å². The number of fused-ring (bicyclic) bond motifs is 1. The average Bonchev–Trinajstić information content (AvgIpc) is 2.95. The molecule has 0 atom stereocenters. The van der Waals surface area contributed by atoms with Gasteiger partial charge in [-0.15, -0.1) is 11.3 Å². The monoisotopic (exact) mass is 303 g/mol. The topological polar surface area (TPSA) is 68.0 Å². The van der Waals surface area contributed by atoms with E-state index in [2.05, 4.69) is 10.3 Å². The van der Waals surface area contributed by atoms with Crippen LogP contribution in [0, 0.1) is 5.41 Å². The number of amides is 1. The normalized spacial score (nSPS) is 17.8. The number of thiazole rings is 1. The van der Waals surface area contributed by atoms with Crippen LogP contribution in [0.2, 0.25) is 0 Å². The van der Waals surface area contributed by atoms with Gasteiger partial charge in [-0.05, 0) is 43.0 Å². The fraction of sp³-hybridized carbons (Fsp3) is 0.500. The van der Waals surface area contributed by atoms with E-state index in [-0.39, 0.29) is 11.3 Å². The minimum Gasteiger partial charge on any atom is -0.330 e. The minimum absolute atomic E-state index is 0.00701. The number of nitrogens with one attached hydrogen (secondary N) is 1. The van der Waals surface area contributed by atoms with Crippen LogP contribution < -0.4 is 11.1 Å². The fourth-order valence-corrected chi connectivity index (χ4v) is 3.90. The number of nitrogens with zero attached hydrogens (tertiary/aromatic N) is 1. The number of hydrogen-bond acceptors (Lipinski definition) is 4. The van der Waals surface area contributed by atoms with Gasteiger partial charge < -0.3 is 11.1 Å². The molecule has 0 spiro atoms. The molecule has 0 aliphatic heterocycles. The van der Waals surface area contributed by atoms with Crippen LogP contribution in [0.1, 0.15) is 38.5 Å². The Kier molecular flexibility index (Phi) is 4.22. The Balaban J connectivity index is 1.67. The number of rotatable bonds is 4. The van der Waals surface area contributed by atoms with Gasteiger partial charge >= 0.3 is 0 Å². The zero-order valence-corrected chi connectivity index (χ0v) is 12.9. The molecule has 1 aromatic heterocycles. The standard InChI is InChI=1S/C16H21N3OS/c17-10-16(6-2-1-3-7-16)9-15(20)19-12-4-5-14-13(8-12)18-11-21-14/h4-5,8,11H,1-3,6-7,9-10,17H2,(H,19,20). The third-order valence-corrected chi connectivity index (χ3v) is 5.31. The molecule has 1 amide bonds. The Labute approximate surface area is 128 Å². The summed E-state index contributed by atoms with van der Waals surface area (Å²) in [4.78, 5) is 16.6. The fourth-order valence-electron chi connectivity index (χ4n) is 3.24. The van der Waals surface area contributed by atoms with E-state index >= 15 is 0 Å². The molecule has 1 aliphatic carbocycles. The van der Waals surface area contributed by atoms with E-state index in [0.29, 0.717) is 13.0 Å². The smallest absolute Gasteiger partial charge is 0.224 e. The summed E-state index contributed by atoms with van der Waals surface area (Å²) in [5, 5.41) is 3.00. The first-order valence-electron chi connectivity index (χ1n) is 7.54. The van der Waals surface area contributed by atoms with Gasteiger partial charge in [-0.2, -0.15) is 0 Å². The summed E-state index contributed by atoms with van der Waals surface area (Å²) >= 11 is 1.61. The number of hydrogen-bond donors (Lipinski definition) is 2. The molecule has 1 heterocycles. The van der Waals surface area contributed by atoms with E-state index in [1.807, 2.05) is 23.7 Å². The predicted molar refractivity (Wildman–Crippen MR) is 87.4 cm³/mol. The highest BCUT2D eigenvalue weighted by atomic mass is 32.1. The lowest BCUT2D eigenvalue weighted by atomic mass is 9.71. The average molecular weight is 303 g/mol. The van der Waals surface area contributed by atoms with Crippen molar-refractivity contribution < 1.29 is 4.79 Å². The summed E-state index contributed by atoms with van der Waals surface area (Å²) in [6.07, 6.45) is 6.32. The SMILES string of the molecule is NCC1(CC(=O)Nc2ccc3scnc3c2)CCCCC1. The summed E-state index contributed by atoms with van der Waals surface area (Å²) in [7, 11) is 0. The molecular weight excluding hydrogens is 282 g/mol. The molecule has 0 radical (unpaired) electrons. The lowest BCUT2D eigenvalue weighted by molar-refractivity contribution is -0.118. The van der Waals surface area contributed by atoms with Crippen LogP contribution in [0.3, 0.4) is 0 Å². The third kappa shape index (κ3) is 3.24. The Morgan fingerprint density at radius 1 is 1.33 bits per heavy atom. The van der Waals surface area contributed by atoms with E-state index in [0.717, 1.165) is 28.7 Å². The third-order valence-electron chi connectivity index (χ3n) is 4.50. The maximum Gasteiger partial charge on any atom is 0.224 e. The number of nitrogens with two attached hydrogens (primary N) is 1. The molecule has 112 valence electrons. The zero-order valence-electron chi connectivity index (χ0n) is 12.1. The molecule has 0 bridgehead atoms. The maximum atomic E-state index is 12.3. The number of aromatic nitrogens is 1. The van der Waals surface area contributed by atoms with E-state index in [4.69, 9.17) is 5.73 Å². The highest BCUT2D eigenvalue weighted by molar-refractivity contribution is 7.16. The summed E-state index contributed by atoms with van der Waals surface area (Å²) in [6.45, 7) is 0.603. The number of carbonyl (C=O) groups is 1. The molecule has 21 heavy (non-hydrogen) atoms. The molecule has 1 aliphatic rings. The largest absolute Gasteiger partial charge is 0.330 e. The predicted octanol–water partition coefficient (Wildman–Crippen LogP) is 3.53. The van der Waals surface area contributed by atoms with Crippen molar-refractivity contribution in [1.29, 1.82) is 0 Å². The quantitative estimate of drug-likeness (QED) is 0.908. The van der Waals surface area contributed by atoms with Crippen molar-refractivity contribution in [1.82, 2.24) is 4.98 Å². The van der Waals surface area contributed by atoms with Crippen molar-refractivity contribution >= 4 is 33.1 Å². The van der Waals surface area contributed by atoms with E-state index in [9.17, 15) is 4.79 Å². The Morgan fingerprint density at radius 2 is 2.14 bits per heavy atom. The van der Waals surface area contributed by atoms with E-state index in [1.54, 1.807) is 11.3 Å². The molecular formula is C16H21N3OS. The van der Waals surface area contributed by atoms with Crippen LogP contribution in [0.4, 0.5) is 5.69 Å². The van der Waals surface area contributed by atoms with E-state index in [1.165, 1.54) is 19.3 Å². The van der Waals surface area contributed by atoms with Crippen molar-refractivity contribution in [2.24, 2.45) is 11.1 Å². The van der Waals surface area contributed by atoms with Crippen molar-refractivity contribution in [3.8, 4) is 0 Å². The van der Waals surface area contributed by atoms with Gasteiger partial charge in [0.05, 0.1) is 15.7 Å². The van der Waals surface area contributed by atoms with Crippen LogP contribution in [0.5, 0.6) is 0 Å². The lowest BCUT2D eigenvalue weighted by Gasteiger charge is -2.35. The molecule has 4 nitrogen and oxygen atoms in total. The van der Waals surface area contributed by atoms with Crippen molar-refractivity contribution in [2.45, 2.75) is 38.5 Å². The van der Waals surface area contributed by atoms with Gasteiger partial charge in [0.15, 0.2) is 0 Å². The summed E-state index contributed by atoms with van der Waals surface area (Å²) < 4.78 is 1.14. The first-order valence-corrected chi connectivity index (χ1v) is 8.42. The first kappa shape index (κ1) is 14.5. The van der Waals surface area contributed by atoms with Crippen LogP contribution in [0.15, 0.2) is 23.7 Å². The summed E-state index contributed by atoms with van der Waals surface area (Å²) in [5.74, 6) is 0.0666. The van der Waals surface area contributed by atoms with Gasteiger partial charge in [0.2, 0.25) is 5.91 Å². The van der Waals surface area contributed by atoms with Crippen LogP contribution in [-0.4, -0.2) is 17.4 Å². The second kappa shape index (κ2) is 6.12. The van der Waals surface area contributed by atoms with Gasteiger partial charge in [-0.25, -0.2) is 4.98 Å². The molecule has 3 rings (SSSR count). The molecule has 0 unspecified atom stereocenters. The number of carbonyl (C=O) groups excluding carboxylic acids is 1. The number of benzene rings is 1. The minimum atomic E-state index is 0.00701. The van der Waals surface area contributed by atoms with Gasteiger partial charge in [0.25, 0.3) is 0 Å². The van der Waals surface area contributed by atoms with Gasteiger partial charge in [0.1, 0.15) is 0 Å². The molecule has 3 N–H and O–H groups in total. The second-order valence-corrected chi connectivity index (χ2v) is 6.91. The van der Waals surface area contributed by atoms with Gasteiger partial charge in [-0.1, -0.05) is 19.3 Å². The summed E-state index contributed by atoms with van der Waals surface area (Å²) in [5.41, 5.74) is 9.53. The van der Waals surface area contributed by atoms with E-state index < -0.39 is 0 Å². The highest BCUT2D eigenvalue weighted by Crippen LogP contribution is 2.38. The summed E-state index contributed by atoms with van der Waals surface area (Å²) in [6, 6.07) is 5.87. The highest BCUT2D eigenvalue weighted by Gasteiger charge is 2.32. The first-order chi connectivity index (χ1) is 10.2. The van der Waals surface area contributed by atoms with Crippen LogP contribution >= 0.6 is 11.3 Å². The molecule has 5 heteroatoms. The number of anilines is 1. The zero-order chi connectivity index (χ0) is 14.7. The molecule has 1 aromatic carbocycles. The van der Waals surface area contributed by atoms with Crippen LogP contribution in [0.25, 0.3) is 10.2 Å². The van der Waals surface area contributed by atoms with Crippen molar-refractivity contribution in [3.05, 3.63) is 23.7 Å².